The van der Waals surface area contributed by atoms with Crippen LogP contribution >= 0.6 is 0 Å². The molecule has 1 aliphatic rings. The highest BCUT2D eigenvalue weighted by atomic mass is 28.4. The third-order valence-corrected chi connectivity index (χ3v) is 9.72. The van der Waals surface area contributed by atoms with Gasteiger partial charge in [-0.2, -0.15) is 0 Å². The summed E-state index contributed by atoms with van der Waals surface area (Å²) >= 11 is 0. The summed E-state index contributed by atoms with van der Waals surface area (Å²) in [7, 11) is -1.86. The van der Waals surface area contributed by atoms with Gasteiger partial charge in [0.15, 0.2) is 14.1 Å². The van der Waals surface area contributed by atoms with E-state index in [2.05, 4.69) is 33.9 Å². The van der Waals surface area contributed by atoms with Crippen LogP contribution in [0.3, 0.4) is 0 Å². The van der Waals surface area contributed by atoms with E-state index in [-0.39, 0.29) is 22.9 Å². The third kappa shape index (κ3) is 8.39. The van der Waals surface area contributed by atoms with Crippen LogP contribution in [0.4, 0.5) is 0 Å². The molecule has 0 bridgehead atoms. The number of ketones is 1. The molecule has 0 aromatic heterocycles. The van der Waals surface area contributed by atoms with E-state index in [1.807, 2.05) is 37.3 Å². The van der Waals surface area contributed by atoms with Gasteiger partial charge >= 0.3 is 5.97 Å². The fourth-order valence-corrected chi connectivity index (χ4v) is 3.77. The molecule has 0 fully saturated rings. The van der Waals surface area contributed by atoms with E-state index >= 15 is 0 Å². The van der Waals surface area contributed by atoms with Crippen molar-refractivity contribution in [3.8, 4) is 0 Å². The van der Waals surface area contributed by atoms with Crippen LogP contribution in [0.2, 0.25) is 18.1 Å². The minimum absolute atomic E-state index is 0.0752. The van der Waals surface area contributed by atoms with Gasteiger partial charge in [0.05, 0.1) is 6.10 Å². The van der Waals surface area contributed by atoms with Gasteiger partial charge in [0, 0.05) is 12.8 Å². The van der Waals surface area contributed by atoms with E-state index < -0.39 is 8.32 Å². The topological polar surface area (TPSA) is 52.6 Å². The van der Waals surface area contributed by atoms with Crippen molar-refractivity contribution in [2.45, 2.75) is 84.0 Å². The second-order valence-corrected chi connectivity index (χ2v) is 13.3. The number of Topliss-reactive ketones (excluding diaryl/α,β-unsaturated/α-hetero) is 1. The van der Waals surface area contributed by atoms with Crippen molar-refractivity contribution in [3.05, 3.63) is 36.0 Å². The van der Waals surface area contributed by atoms with Crippen molar-refractivity contribution in [1.82, 2.24) is 0 Å². The van der Waals surface area contributed by atoms with Gasteiger partial charge in [-0.3, -0.25) is 9.59 Å². The molecule has 0 aromatic carbocycles. The van der Waals surface area contributed by atoms with Crippen molar-refractivity contribution < 1.29 is 18.8 Å². The summed E-state index contributed by atoms with van der Waals surface area (Å²) in [6.07, 6.45) is 12.8. The Labute approximate surface area is 165 Å². The number of esters is 1. The van der Waals surface area contributed by atoms with Gasteiger partial charge in [-0.25, -0.2) is 0 Å². The molecular formula is C22H36O4Si. The maximum Gasteiger partial charge on any atom is 0.306 e. The average Bonchev–Trinajstić information content (AvgIpc) is 2.88. The first-order valence-corrected chi connectivity index (χ1v) is 12.8. The minimum Gasteiger partial charge on any atom is -0.461 e. The highest BCUT2D eigenvalue weighted by Gasteiger charge is 2.40. The molecule has 1 rings (SSSR count). The summed E-state index contributed by atoms with van der Waals surface area (Å²) in [4.78, 5) is 23.7. The summed E-state index contributed by atoms with van der Waals surface area (Å²) in [5, 5.41) is 0.139. The maximum absolute atomic E-state index is 12.2. The van der Waals surface area contributed by atoms with Crippen LogP contribution in [0.1, 0.15) is 59.8 Å². The van der Waals surface area contributed by atoms with Crippen LogP contribution in [0.5, 0.6) is 0 Å². The number of allylic oxidation sites excluding steroid dienone is 4. The number of carbonyl (C=O) groups excluding carboxylic acids is 2. The zero-order valence-corrected chi connectivity index (χ0v) is 18.8. The van der Waals surface area contributed by atoms with Crippen LogP contribution < -0.4 is 0 Å². The number of rotatable bonds is 10. The molecule has 0 aliphatic heterocycles. The molecule has 4 nitrogen and oxygen atoms in total. The summed E-state index contributed by atoms with van der Waals surface area (Å²) in [5.41, 5.74) is 0.848. The number of unbranched alkanes of at least 4 members (excludes halogenated alkanes) is 1. The summed E-state index contributed by atoms with van der Waals surface area (Å²) < 4.78 is 11.4. The Morgan fingerprint density at radius 2 is 1.96 bits per heavy atom. The Morgan fingerprint density at radius 1 is 1.26 bits per heavy atom. The first-order valence-electron chi connectivity index (χ1n) is 9.90. The van der Waals surface area contributed by atoms with E-state index in [1.165, 1.54) is 0 Å². The van der Waals surface area contributed by atoms with Gasteiger partial charge in [0.2, 0.25) is 0 Å². The molecule has 0 saturated carbocycles. The molecule has 0 amide bonds. The zero-order valence-electron chi connectivity index (χ0n) is 17.8. The van der Waals surface area contributed by atoms with Crippen LogP contribution in [0, 0.1) is 0 Å². The normalized spacial score (nSPS) is 18.5. The van der Waals surface area contributed by atoms with Gasteiger partial charge < -0.3 is 9.16 Å². The van der Waals surface area contributed by atoms with E-state index in [1.54, 1.807) is 0 Å². The Kier molecular flexibility index (Phi) is 9.40. The van der Waals surface area contributed by atoms with E-state index in [4.69, 9.17) is 9.16 Å². The molecule has 1 atom stereocenters. The predicted molar refractivity (Wildman–Crippen MR) is 113 cm³/mol. The highest BCUT2D eigenvalue weighted by molar-refractivity contribution is 6.74. The first-order chi connectivity index (χ1) is 12.6. The maximum atomic E-state index is 12.2. The molecule has 0 spiro atoms. The van der Waals surface area contributed by atoms with Gasteiger partial charge in [-0.15, -0.1) is 0 Å². The van der Waals surface area contributed by atoms with Crippen molar-refractivity contribution in [2.75, 3.05) is 6.61 Å². The monoisotopic (exact) mass is 392 g/mol. The molecule has 0 heterocycles. The predicted octanol–water partition coefficient (Wildman–Crippen LogP) is 5.51. The largest absolute Gasteiger partial charge is 0.461 e. The number of carbonyl (C=O) groups is 2. The average molecular weight is 393 g/mol. The molecule has 0 saturated heterocycles. The van der Waals surface area contributed by atoms with Gasteiger partial charge in [-0.1, -0.05) is 45.1 Å². The van der Waals surface area contributed by atoms with E-state index in [0.29, 0.717) is 25.9 Å². The molecule has 0 radical (unpaired) electrons. The Hall–Kier alpha value is -1.46. The molecule has 1 unspecified atom stereocenters. The number of hydrogen-bond acceptors (Lipinski definition) is 4. The second-order valence-electron chi connectivity index (χ2n) is 8.56. The highest BCUT2D eigenvalue weighted by Crippen LogP contribution is 2.38. The molecule has 5 heteroatoms. The van der Waals surface area contributed by atoms with Crippen molar-refractivity contribution in [3.63, 3.8) is 0 Å². The van der Waals surface area contributed by atoms with Crippen molar-refractivity contribution in [1.29, 1.82) is 0 Å². The van der Waals surface area contributed by atoms with Crippen molar-refractivity contribution in [2.24, 2.45) is 0 Å². The molecule has 1 aliphatic carbocycles. The number of ether oxygens (including phenoxy) is 1. The molecule has 27 heavy (non-hydrogen) atoms. The quantitative estimate of drug-likeness (QED) is 0.213. The van der Waals surface area contributed by atoms with Crippen molar-refractivity contribution >= 4 is 20.1 Å². The Balaban J connectivity index is 2.36. The molecule has 0 N–H and O–H groups in total. The first kappa shape index (κ1) is 23.6. The van der Waals surface area contributed by atoms with Crippen LogP contribution in [0.15, 0.2) is 36.0 Å². The summed E-state index contributed by atoms with van der Waals surface area (Å²) in [6, 6.07) is 0. The fourth-order valence-electron chi connectivity index (χ4n) is 2.50. The standard InChI is InChI=1S/C22H36O4Si/c1-7-8-15-25-21(24)14-12-10-9-11-13-18-16-19(17-20(18)23)26-27(5,6)22(2,3)4/h7-9,11,16,19H,10,12-15,17H2,1-6H3/b8-7+,11-9+. The smallest absolute Gasteiger partial charge is 0.306 e. The van der Waals surface area contributed by atoms with Crippen LogP contribution in [0.25, 0.3) is 0 Å². The van der Waals surface area contributed by atoms with Gasteiger partial charge in [0.1, 0.15) is 6.61 Å². The molecular weight excluding hydrogens is 356 g/mol. The minimum atomic E-state index is -1.86. The zero-order chi connectivity index (χ0) is 20.5. The lowest BCUT2D eigenvalue weighted by Gasteiger charge is -2.37. The van der Waals surface area contributed by atoms with Gasteiger partial charge in [0.25, 0.3) is 0 Å². The summed E-state index contributed by atoms with van der Waals surface area (Å²) in [6.45, 7) is 13.3. The second kappa shape index (κ2) is 10.8. The van der Waals surface area contributed by atoms with Crippen LogP contribution in [-0.2, 0) is 18.8 Å². The Bertz CT molecular complexity index is 594. The molecule has 152 valence electrons. The Morgan fingerprint density at radius 3 is 2.59 bits per heavy atom. The molecule has 0 aromatic rings. The van der Waals surface area contributed by atoms with E-state index in [9.17, 15) is 9.59 Å². The summed E-state index contributed by atoms with van der Waals surface area (Å²) in [5.74, 6) is 0.0247. The lowest BCUT2D eigenvalue weighted by Crippen LogP contribution is -2.43. The lowest BCUT2D eigenvalue weighted by atomic mass is 10.1. The van der Waals surface area contributed by atoms with E-state index in [0.717, 1.165) is 18.4 Å². The number of hydrogen-bond donors (Lipinski definition) is 0. The third-order valence-electron chi connectivity index (χ3n) is 5.22. The van der Waals surface area contributed by atoms with Crippen LogP contribution in [-0.4, -0.2) is 32.8 Å². The lowest BCUT2D eigenvalue weighted by molar-refractivity contribution is -0.142. The van der Waals surface area contributed by atoms with Gasteiger partial charge in [-0.05, 0) is 56.0 Å². The SMILES string of the molecule is C/C=C/COC(=O)CCC/C=C/CC1=CC(O[Si](C)(C)C(C)(C)C)CC1=O. The fraction of sp³-hybridized carbons (Fsp3) is 0.636.